The molecular formula is C23H18F3N7O3. The van der Waals surface area contributed by atoms with Crippen LogP contribution in [0.5, 0.6) is 0 Å². The summed E-state index contributed by atoms with van der Waals surface area (Å²) in [5, 5.41) is 25.1. The SMILES string of the molecule is O=[N+]([O-])c1ccc2c(C(O)(CNc3ncnc4[nH]cnc34)C(F)(F)F)cn(Cc3ccccc3)c2c1. The lowest BCUT2D eigenvalue weighted by atomic mass is 9.92. The van der Waals surface area contributed by atoms with E-state index >= 15 is 0 Å². The lowest BCUT2D eigenvalue weighted by Crippen LogP contribution is -2.47. The molecule has 0 bridgehead atoms. The van der Waals surface area contributed by atoms with Crippen LogP contribution in [-0.4, -0.2) is 47.3 Å². The number of alkyl halides is 3. The molecule has 3 heterocycles. The average Bonchev–Trinajstić information content (AvgIpc) is 3.47. The van der Waals surface area contributed by atoms with Crippen molar-refractivity contribution in [2.24, 2.45) is 0 Å². The van der Waals surface area contributed by atoms with Crippen LogP contribution >= 0.6 is 0 Å². The molecule has 5 rings (SSSR count). The zero-order chi connectivity index (χ0) is 25.5. The highest BCUT2D eigenvalue weighted by molar-refractivity contribution is 5.87. The second kappa shape index (κ2) is 8.61. The van der Waals surface area contributed by atoms with Crippen molar-refractivity contribution in [3.63, 3.8) is 0 Å². The fourth-order valence-corrected chi connectivity index (χ4v) is 4.09. The first-order chi connectivity index (χ1) is 17.2. The van der Waals surface area contributed by atoms with Crippen LogP contribution in [-0.2, 0) is 12.1 Å². The van der Waals surface area contributed by atoms with Crippen LogP contribution in [0.3, 0.4) is 0 Å². The van der Waals surface area contributed by atoms with Gasteiger partial charge < -0.3 is 20.0 Å². The van der Waals surface area contributed by atoms with E-state index in [1.54, 1.807) is 30.3 Å². The highest BCUT2D eigenvalue weighted by Gasteiger charge is 2.56. The Morgan fingerprint density at radius 2 is 1.89 bits per heavy atom. The highest BCUT2D eigenvalue weighted by atomic mass is 19.4. The van der Waals surface area contributed by atoms with Crippen molar-refractivity contribution in [3.8, 4) is 0 Å². The summed E-state index contributed by atoms with van der Waals surface area (Å²) < 4.78 is 44.8. The normalized spacial score (nSPS) is 13.7. The van der Waals surface area contributed by atoms with E-state index in [1.165, 1.54) is 29.2 Å². The number of H-pyrrole nitrogens is 1. The number of aromatic amines is 1. The molecule has 0 radical (unpaired) electrons. The number of aromatic nitrogens is 5. The number of hydrogen-bond acceptors (Lipinski definition) is 7. The molecular weight excluding hydrogens is 479 g/mol. The van der Waals surface area contributed by atoms with Crippen molar-refractivity contribution in [2.75, 3.05) is 11.9 Å². The number of hydrogen-bond donors (Lipinski definition) is 3. The molecule has 3 aromatic heterocycles. The molecule has 0 saturated carbocycles. The zero-order valence-corrected chi connectivity index (χ0v) is 18.4. The van der Waals surface area contributed by atoms with E-state index in [0.29, 0.717) is 5.65 Å². The van der Waals surface area contributed by atoms with E-state index in [4.69, 9.17) is 0 Å². The molecule has 1 atom stereocenters. The Hall–Kier alpha value is -4.52. The number of nitro benzene ring substituents is 1. The van der Waals surface area contributed by atoms with Crippen molar-refractivity contribution in [1.29, 1.82) is 0 Å². The number of non-ortho nitro benzene ring substituents is 1. The second-order valence-corrected chi connectivity index (χ2v) is 8.15. The number of halogens is 3. The van der Waals surface area contributed by atoms with Crippen LogP contribution < -0.4 is 5.32 Å². The maximum Gasteiger partial charge on any atom is 0.423 e. The summed E-state index contributed by atoms with van der Waals surface area (Å²) in [7, 11) is 0. The summed E-state index contributed by atoms with van der Waals surface area (Å²) in [6.45, 7) is -0.851. The van der Waals surface area contributed by atoms with Gasteiger partial charge in [-0.05, 0) is 11.6 Å². The molecule has 5 aromatic rings. The highest BCUT2D eigenvalue weighted by Crippen LogP contribution is 2.43. The number of nitro groups is 1. The van der Waals surface area contributed by atoms with Gasteiger partial charge in [0.25, 0.3) is 5.69 Å². The molecule has 13 heteroatoms. The molecule has 0 aliphatic heterocycles. The van der Waals surface area contributed by atoms with Gasteiger partial charge in [-0.2, -0.15) is 13.2 Å². The number of fused-ring (bicyclic) bond motifs is 2. The summed E-state index contributed by atoms with van der Waals surface area (Å²) in [5.74, 6) is 0.00702. The standard InChI is InChI=1S/C23H18F3N7O3/c24-23(25,26)22(34,11-27-20-19-21(29-12-28-19)31-13-30-20)17-10-32(9-14-4-2-1-3-5-14)18-8-15(33(35)36)6-7-16(17)18/h1-8,10,12-13,34H,9,11H2,(H2,27,28,29,30,31). The number of imidazole rings is 1. The van der Waals surface area contributed by atoms with Crippen LogP contribution in [0.25, 0.3) is 22.1 Å². The van der Waals surface area contributed by atoms with Gasteiger partial charge in [-0.3, -0.25) is 10.1 Å². The quantitative estimate of drug-likeness (QED) is 0.227. The lowest BCUT2D eigenvalue weighted by molar-refractivity contribution is -0.384. The third-order valence-electron chi connectivity index (χ3n) is 5.92. The molecule has 36 heavy (non-hydrogen) atoms. The number of aliphatic hydroxyl groups is 1. The fraction of sp³-hybridized carbons (Fsp3) is 0.174. The Bertz CT molecular complexity index is 1570. The molecule has 0 spiro atoms. The summed E-state index contributed by atoms with van der Waals surface area (Å²) in [6, 6.07) is 12.4. The first kappa shape index (κ1) is 23.2. The van der Waals surface area contributed by atoms with Gasteiger partial charge in [0, 0.05) is 35.8 Å². The summed E-state index contributed by atoms with van der Waals surface area (Å²) >= 11 is 0. The Labute approximate surface area is 200 Å². The topological polar surface area (TPSA) is 135 Å². The maximum atomic E-state index is 14.5. The third-order valence-corrected chi connectivity index (χ3v) is 5.92. The van der Waals surface area contributed by atoms with Crippen LogP contribution in [0.4, 0.5) is 24.7 Å². The molecule has 0 aliphatic rings. The predicted octanol–water partition coefficient (Wildman–Crippen LogP) is 4.13. The van der Waals surface area contributed by atoms with Crippen molar-refractivity contribution in [2.45, 2.75) is 18.3 Å². The van der Waals surface area contributed by atoms with Gasteiger partial charge in [0.2, 0.25) is 5.60 Å². The predicted molar refractivity (Wildman–Crippen MR) is 124 cm³/mol. The third kappa shape index (κ3) is 3.98. The van der Waals surface area contributed by atoms with E-state index in [-0.39, 0.29) is 34.5 Å². The van der Waals surface area contributed by atoms with Gasteiger partial charge in [-0.1, -0.05) is 30.3 Å². The van der Waals surface area contributed by atoms with Gasteiger partial charge in [-0.15, -0.1) is 0 Å². The minimum Gasteiger partial charge on any atom is -0.375 e. The van der Waals surface area contributed by atoms with Crippen LogP contribution in [0.2, 0.25) is 0 Å². The van der Waals surface area contributed by atoms with Crippen LogP contribution in [0.15, 0.2) is 67.4 Å². The smallest absolute Gasteiger partial charge is 0.375 e. The van der Waals surface area contributed by atoms with E-state index < -0.39 is 28.8 Å². The average molecular weight is 497 g/mol. The Balaban J connectivity index is 1.62. The van der Waals surface area contributed by atoms with Crippen molar-refractivity contribution in [1.82, 2.24) is 24.5 Å². The van der Waals surface area contributed by atoms with Crippen LogP contribution in [0.1, 0.15) is 11.1 Å². The van der Waals surface area contributed by atoms with Crippen molar-refractivity contribution in [3.05, 3.63) is 88.6 Å². The molecule has 2 aromatic carbocycles. The molecule has 3 N–H and O–H groups in total. The van der Waals surface area contributed by atoms with Gasteiger partial charge >= 0.3 is 6.18 Å². The van der Waals surface area contributed by atoms with E-state index in [1.807, 2.05) is 0 Å². The minimum absolute atomic E-state index is 0.00702. The first-order valence-corrected chi connectivity index (χ1v) is 10.7. The van der Waals surface area contributed by atoms with Gasteiger partial charge in [-0.25, -0.2) is 15.0 Å². The van der Waals surface area contributed by atoms with Gasteiger partial charge in [0.1, 0.15) is 11.8 Å². The largest absolute Gasteiger partial charge is 0.423 e. The van der Waals surface area contributed by atoms with Crippen molar-refractivity contribution < 1.29 is 23.2 Å². The summed E-state index contributed by atoms with van der Waals surface area (Å²) in [6.07, 6.45) is -1.45. The number of anilines is 1. The number of nitrogens with zero attached hydrogens (tertiary/aromatic N) is 5. The number of benzene rings is 2. The molecule has 184 valence electrons. The first-order valence-electron chi connectivity index (χ1n) is 10.7. The number of nitrogens with one attached hydrogen (secondary N) is 2. The van der Waals surface area contributed by atoms with E-state index in [9.17, 15) is 28.4 Å². The lowest BCUT2D eigenvalue weighted by Gasteiger charge is -2.30. The van der Waals surface area contributed by atoms with Crippen molar-refractivity contribution >= 4 is 33.6 Å². The Morgan fingerprint density at radius 1 is 1.11 bits per heavy atom. The summed E-state index contributed by atoms with van der Waals surface area (Å²) in [5.41, 5.74) is -2.62. The molecule has 10 nitrogen and oxygen atoms in total. The monoisotopic (exact) mass is 497 g/mol. The molecule has 0 aliphatic carbocycles. The van der Waals surface area contributed by atoms with E-state index in [0.717, 1.165) is 18.0 Å². The molecule has 0 amide bonds. The minimum atomic E-state index is -5.11. The van der Waals surface area contributed by atoms with Crippen LogP contribution in [0, 0.1) is 10.1 Å². The van der Waals surface area contributed by atoms with E-state index in [2.05, 4.69) is 25.3 Å². The second-order valence-electron chi connectivity index (χ2n) is 8.15. The van der Waals surface area contributed by atoms with Gasteiger partial charge in [0.05, 0.1) is 23.3 Å². The Kier molecular flexibility index (Phi) is 5.55. The number of rotatable bonds is 7. The zero-order valence-electron chi connectivity index (χ0n) is 18.4. The molecule has 0 saturated heterocycles. The molecule has 1 unspecified atom stereocenters. The fourth-order valence-electron chi connectivity index (χ4n) is 4.09. The maximum absolute atomic E-state index is 14.5. The Morgan fingerprint density at radius 3 is 2.61 bits per heavy atom. The molecule has 0 fully saturated rings. The van der Waals surface area contributed by atoms with Gasteiger partial charge in [0.15, 0.2) is 11.5 Å². The summed E-state index contributed by atoms with van der Waals surface area (Å²) in [4.78, 5) is 25.4.